The van der Waals surface area contributed by atoms with Gasteiger partial charge in [0.1, 0.15) is 5.52 Å². The zero-order valence-electron chi connectivity index (χ0n) is 13.0. The Labute approximate surface area is 126 Å². The van der Waals surface area contributed by atoms with Crippen LogP contribution in [0, 0.1) is 5.92 Å². The number of aliphatic imine (C=N–C) groups is 1. The normalized spacial score (nSPS) is 12.7. The first kappa shape index (κ1) is 15.2. The molecule has 3 nitrogen and oxygen atoms in total. The fourth-order valence-corrected chi connectivity index (χ4v) is 2.17. The predicted octanol–water partition coefficient (Wildman–Crippen LogP) is 5.03. The molecule has 0 aliphatic carbocycles. The molecule has 1 aromatic carbocycles. The summed E-state index contributed by atoms with van der Waals surface area (Å²) >= 11 is 0. The number of aromatic nitrogens is 1. The first-order valence-corrected chi connectivity index (χ1v) is 7.32. The first-order chi connectivity index (χ1) is 10.1. The lowest BCUT2D eigenvalue weighted by Gasteiger charge is -2.00. The highest BCUT2D eigenvalue weighted by atomic mass is 16.3. The number of oxazole rings is 1. The Hall–Kier alpha value is -2.16. The van der Waals surface area contributed by atoms with E-state index in [1.165, 1.54) is 0 Å². The summed E-state index contributed by atoms with van der Waals surface area (Å²) in [7, 11) is 0. The maximum absolute atomic E-state index is 5.79. The molecule has 2 aromatic rings. The number of rotatable bonds is 6. The van der Waals surface area contributed by atoms with Crippen LogP contribution in [-0.4, -0.2) is 11.7 Å². The molecule has 21 heavy (non-hydrogen) atoms. The second-order valence-corrected chi connectivity index (χ2v) is 5.46. The van der Waals surface area contributed by atoms with Crippen molar-refractivity contribution in [1.29, 1.82) is 0 Å². The predicted molar refractivity (Wildman–Crippen MR) is 89.5 cm³/mol. The van der Waals surface area contributed by atoms with Gasteiger partial charge >= 0.3 is 0 Å². The van der Waals surface area contributed by atoms with Crippen LogP contribution in [0.1, 0.15) is 38.6 Å². The van der Waals surface area contributed by atoms with Gasteiger partial charge < -0.3 is 4.42 Å². The third kappa shape index (κ3) is 3.91. The minimum atomic E-state index is 0.654. The quantitative estimate of drug-likeness (QED) is 0.550. The van der Waals surface area contributed by atoms with E-state index in [0.717, 1.165) is 41.0 Å². The molecule has 0 saturated heterocycles. The minimum Gasteiger partial charge on any atom is -0.441 e. The van der Waals surface area contributed by atoms with Crippen LogP contribution < -0.4 is 0 Å². The summed E-state index contributed by atoms with van der Waals surface area (Å²) in [4.78, 5) is 8.34. The van der Waals surface area contributed by atoms with Crippen molar-refractivity contribution in [3.63, 3.8) is 0 Å². The lowest BCUT2D eigenvalue weighted by molar-refractivity contribution is 0.484. The first-order valence-electron chi connectivity index (χ1n) is 7.32. The standard InChI is InChI=1S/C18H22N2O/c1-5-14(10-11-19-4)15-7-8-17-16(12-15)20-18(21-17)9-6-13(2)3/h5,7-8,10-13H,4,6,9H2,1-3H3/b11-10-,14-5+. The molecular formula is C18H22N2O. The maximum Gasteiger partial charge on any atom is 0.195 e. The highest BCUT2D eigenvalue weighted by Crippen LogP contribution is 2.23. The fourth-order valence-electron chi connectivity index (χ4n) is 2.17. The van der Waals surface area contributed by atoms with Gasteiger partial charge in [-0.2, -0.15) is 0 Å². The molecule has 110 valence electrons. The van der Waals surface area contributed by atoms with Gasteiger partial charge in [-0.05, 0) is 55.3 Å². The zero-order valence-corrected chi connectivity index (χ0v) is 13.0. The van der Waals surface area contributed by atoms with Gasteiger partial charge in [0.05, 0.1) is 0 Å². The summed E-state index contributed by atoms with van der Waals surface area (Å²) in [5.41, 5.74) is 3.95. The van der Waals surface area contributed by atoms with Crippen LogP contribution in [0.25, 0.3) is 16.7 Å². The fraction of sp³-hybridized carbons (Fsp3) is 0.333. The molecule has 1 aromatic heterocycles. The third-order valence-corrected chi connectivity index (χ3v) is 3.37. The van der Waals surface area contributed by atoms with E-state index in [0.29, 0.717) is 5.92 Å². The Morgan fingerprint density at radius 3 is 2.90 bits per heavy atom. The smallest absolute Gasteiger partial charge is 0.195 e. The molecule has 0 aliphatic heterocycles. The average molecular weight is 282 g/mol. The molecule has 0 N–H and O–H groups in total. The second kappa shape index (κ2) is 7.02. The Morgan fingerprint density at radius 2 is 2.24 bits per heavy atom. The molecule has 0 spiro atoms. The van der Waals surface area contributed by atoms with E-state index < -0.39 is 0 Å². The van der Waals surface area contributed by atoms with Crippen molar-refractivity contribution in [2.75, 3.05) is 0 Å². The highest BCUT2D eigenvalue weighted by Gasteiger charge is 2.08. The molecule has 0 aliphatic rings. The van der Waals surface area contributed by atoms with Gasteiger partial charge in [-0.25, -0.2) is 4.98 Å². The van der Waals surface area contributed by atoms with Gasteiger partial charge in [-0.1, -0.05) is 26.0 Å². The number of allylic oxidation sites excluding steroid dienone is 3. The summed E-state index contributed by atoms with van der Waals surface area (Å²) in [6.07, 6.45) is 7.65. The van der Waals surface area contributed by atoms with Gasteiger partial charge in [0.25, 0.3) is 0 Å². The average Bonchev–Trinajstić information content (AvgIpc) is 2.88. The van der Waals surface area contributed by atoms with E-state index in [1.807, 2.05) is 31.2 Å². The molecule has 0 atom stereocenters. The van der Waals surface area contributed by atoms with Crippen LogP contribution in [0.2, 0.25) is 0 Å². The number of benzene rings is 1. The summed E-state index contributed by atoms with van der Waals surface area (Å²) in [5.74, 6) is 1.47. The van der Waals surface area contributed by atoms with E-state index in [1.54, 1.807) is 6.20 Å². The largest absolute Gasteiger partial charge is 0.441 e. The number of hydrogen-bond acceptors (Lipinski definition) is 3. The highest BCUT2D eigenvalue weighted by molar-refractivity contribution is 5.82. The van der Waals surface area contributed by atoms with Gasteiger partial charge in [-0.3, -0.25) is 4.99 Å². The molecule has 0 fully saturated rings. The molecule has 0 amide bonds. The van der Waals surface area contributed by atoms with Gasteiger partial charge in [-0.15, -0.1) is 0 Å². The van der Waals surface area contributed by atoms with Crippen LogP contribution in [0.4, 0.5) is 0 Å². The molecule has 3 heteroatoms. The number of hydrogen-bond donors (Lipinski definition) is 0. The van der Waals surface area contributed by atoms with Gasteiger partial charge in [0.15, 0.2) is 11.5 Å². The van der Waals surface area contributed by atoms with Gasteiger partial charge in [0.2, 0.25) is 0 Å². The van der Waals surface area contributed by atoms with Crippen molar-refractivity contribution in [3.05, 3.63) is 48.0 Å². The van der Waals surface area contributed by atoms with Crippen molar-refractivity contribution >= 4 is 23.4 Å². The number of nitrogens with zero attached hydrogens (tertiary/aromatic N) is 2. The second-order valence-electron chi connectivity index (χ2n) is 5.46. The summed E-state index contributed by atoms with van der Waals surface area (Å²) in [6, 6.07) is 6.08. The SMILES string of the molecule is C=N/C=C\C(=C/C)c1ccc2oc(CCC(C)C)nc2c1. The molecule has 2 rings (SSSR count). The van der Waals surface area contributed by atoms with E-state index in [2.05, 4.69) is 36.6 Å². The topological polar surface area (TPSA) is 38.4 Å². The molecular weight excluding hydrogens is 260 g/mol. The lowest BCUT2D eigenvalue weighted by atomic mass is 10.1. The Morgan fingerprint density at radius 1 is 1.43 bits per heavy atom. The van der Waals surface area contributed by atoms with Crippen LogP contribution in [0.3, 0.4) is 0 Å². The Balaban J connectivity index is 2.28. The van der Waals surface area contributed by atoms with E-state index >= 15 is 0 Å². The molecule has 0 unspecified atom stereocenters. The van der Waals surface area contributed by atoms with Crippen LogP contribution in [-0.2, 0) is 6.42 Å². The number of fused-ring (bicyclic) bond motifs is 1. The Kier molecular flexibility index (Phi) is 5.09. The van der Waals surface area contributed by atoms with Crippen molar-refractivity contribution < 1.29 is 4.42 Å². The van der Waals surface area contributed by atoms with Crippen molar-refractivity contribution in [2.45, 2.75) is 33.6 Å². The maximum atomic E-state index is 5.79. The van der Waals surface area contributed by atoms with Crippen LogP contribution in [0.15, 0.2) is 46.0 Å². The molecule has 0 saturated carbocycles. The van der Waals surface area contributed by atoms with Crippen molar-refractivity contribution in [1.82, 2.24) is 4.98 Å². The van der Waals surface area contributed by atoms with E-state index in [9.17, 15) is 0 Å². The lowest BCUT2D eigenvalue weighted by Crippen LogP contribution is -1.91. The van der Waals surface area contributed by atoms with Crippen molar-refractivity contribution in [3.8, 4) is 0 Å². The monoisotopic (exact) mass is 282 g/mol. The zero-order chi connectivity index (χ0) is 15.2. The van der Waals surface area contributed by atoms with Crippen LogP contribution in [0.5, 0.6) is 0 Å². The minimum absolute atomic E-state index is 0.654. The summed E-state index contributed by atoms with van der Waals surface area (Å²) < 4.78 is 5.79. The molecule has 1 heterocycles. The molecule has 0 bridgehead atoms. The van der Waals surface area contributed by atoms with Crippen molar-refractivity contribution in [2.24, 2.45) is 10.9 Å². The summed E-state index contributed by atoms with van der Waals surface area (Å²) in [6.45, 7) is 9.88. The van der Waals surface area contributed by atoms with Gasteiger partial charge in [0, 0.05) is 12.6 Å². The van der Waals surface area contributed by atoms with E-state index in [4.69, 9.17) is 4.42 Å². The summed E-state index contributed by atoms with van der Waals surface area (Å²) in [5, 5.41) is 0. The van der Waals surface area contributed by atoms with E-state index in [-0.39, 0.29) is 0 Å². The third-order valence-electron chi connectivity index (χ3n) is 3.37. The number of aryl methyl sites for hydroxylation is 1. The Bertz CT molecular complexity index is 678. The molecule has 0 radical (unpaired) electrons. The van der Waals surface area contributed by atoms with Crippen LogP contribution >= 0.6 is 0 Å².